The van der Waals surface area contributed by atoms with Gasteiger partial charge < -0.3 is 15.0 Å². The summed E-state index contributed by atoms with van der Waals surface area (Å²) < 4.78 is 6.65. The molecule has 7 heteroatoms. The second kappa shape index (κ2) is 11.4. The molecule has 25 heavy (non-hydrogen) atoms. The number of benzene rings is 1. The Morgan fingerprint density at radius 3 is 2.84 bits per heavy atom. The molecule has 1 aliphatic heterocycles. The van der Waals surface area contributed by atoms with E-state index in [0.29, 0.717) is 12.1 Å². The normalized spacial score (nSPS) is 19.9. The van der Waals surface area contributed by atoms with Crippen molar-refractivity contribution in [2.24, 2.45) is 4.99 Å². The van der Waals surface area contributed by atoms with Gasteiger partial charge in [0.1, 0.15) is 0 Å². The minimum Gasteiger partial charge on any atom is -0.379 e. The van der Waals surface area contributed by atoms with E-state index < -0.39 is 0 Å². The maximum absolute atomic E-state index is 5.53. The molecule has 0 aromatic heterocycles. The first-order valence-electron chi connectivity index (χ1n) is 8.51. The van der Waals surface area contributed by atoms with Crippen molar-refractivity contribution in [2.75, 3.05) is 40.4 Å². The number of rotatable bonds is 5. The second-order valence-electron chi connectivity index (χ2n) is 6.39. The Kier molecular flexibility index (Phi) is 10.3. The van der Waals surface area contributed by atoms with E-state index in [1.165, 1.54) is 5.56 Å². The lowest BCUT2D eigenvalue weighted by molar-refractivity contribution is -0.0175. The van der Waals surface area contributed by atoms with Gasteiger partial charge in [-0.25, -0.2) is 0 Å². The first-order chi connectivity index (χ1) is 11.5. The number of hydrogen-bond donors (Lipinski definition) is 1. The fraction of sp³-hybridized carbons (Fsp3) is 0.611. The number of morpholine rings is 1. The molecule has 0 aliphatic carbocycles. The maximum atomic E-state index is 5.53. The topological polar surface area (TPSA) is 40.1 Å². The van der Waals surface area contributed by atoms with Crippen molar-refractivity contribution < 1.29 is 4.74 Å². The molecule has 5 nitrogen and oxygen atoms in total. The molecular weight excluding hydrogens is 495 g/mol. The molecule has 2 atom stereocenters. The van der Waals surface area contributed by atoms with Gasteiger partial charge in [0.05, 0.1) is 13.2 Å². The van der Waals surface area contributed by atoms with E-state index in [4.69, 9.17) is 4.74 Å². The average molecular weight is 525 g/mol. The largest absolute Gasteiger partial charge is 0.379 e. The quantitative estimate of drug-likeness (QED) is 0.365. The van der Waals surface area contributed by atoms with Crippen LogP contribution in [-0.4, -0.2) is 68.2 Å². The van der Waals surface area contributed by atoms with E-state index in [0.717, 1.165) is 43.3 Å². The number of nitrogens with one attached hydrogen (secondary N) is 1. The summed E-state index contributed by atoms with van der Waals surface area (Å²) in [7, 11) is 3.90. The average Bonchev–Trinajstić information content (AvgIpc) is 2.57. The highest BCUT2D eigenvalue weighted by Gasteiger charge is 2.23. The molecule has 2 rings (SSSR count). The molecule has 1 saturated heterocycles. The third-order valence-corrected chi connectivity index (χ3v) is 5.25. The van der Waals surface area contributed by atoms with Crippen molar-refractivity contribution in [3.63, 3.8) is 0 Å². The van der Waals surface area contributed by atoms with Crippen LogP contribution in [0.1, 0.15) is 19.4 Å². The van der Waals surface area contributed by atoms with Gasteiger partial charge in [-0.2, -0.15) is 0 Å². The highest BCUT2D eigenvalue weighted by atomic mass is 127. The van der Waals surface area contributed by atoms with Crippen LogP contribution in [-0.2, 0) is 11.3 Å². The molecule has 2 unspecified atom stereocenters. The number of ether oxygens (including phenoxy) is 1. The summed E-state index contributed by atoms with van der Waals surface area (Å²) in [5, 5.41) is 3.50. The maximum Gasteiger partial charge on any atom is 0.193 e. The monoisotopic (exact) mass is 524 g/mol. The van der Waals surface area contributed by atoms with E-state index in [1.54, 1.807) is 0 Å². The van der Waals surface area contributed by atoms with Crippen LogP contribution < -0.4 is 5.32 Å². The molecule has 1 N–H and O–H groups in total. The Bertz CT molecular complexity index is 558. The van der Waals surface area contributed by atoms with Crippen molar-refractivity contribution in [3.8, 4) is 0 Å². The predicted molar refractivity (Wildman–Crippen MR) is 119 cm³/mol. The van der Waals surface area contributed by atoms with Crippen molar-refractivity contribution in [3.05, 3.63) is 34.3 Å². The third-order valence-electron chi connectivity index (χ3n) is 4.48. The molecule has 1 heterocycles. The highest BCUT2D eigenvalue weighted by Crippen LogP contribution is 2.17. The van der Waals surface area contributed by atoms with E-state index in [9.17, 15) is 0 Å². The Morgan fingerprint density at radius 2 is 2.20 bits per heavy atom. The summed E-state index contributed by atoms with van der Waals surface area (Å²) >= 11 is 3.61. The lowest BCUT2D eigenvalue weighted by Crippen LogP contribution is -2.53. The minimum absolute atomic E-state index is 0. The summed E-state index contributed by atoms with van der Waals surface area (Å²) in [5.41, 5.74) is 1.25. The zero-order chi connectivity index (χ0) is 17.5. The van der Waals surface area contributed by atoms with Gasteiger partial charge in [-0.3, -0.25) is 9.89 Å². The molecule has 0 saturated carbocycles. The molecule has 0 amide bonds. The van der Waals surface area contributed by atoms with E-state index >= 15 is 0 Å². The molecule has 0 radical (unpaired) electrons. The Morgan fingerprint density at radius 1 is 1.48 bits per heavy atom. The molecule has 1 aromatic carbocycles. The molecule has 0 bridgehead atoms. The number of aliphatic imine (C=N–C) groups is 1. The summed E-state index contributed by atoms with van der Waals surface area (Å²) in [4.78, 5) is 9.07. The van der Waals surface area contributed by atoms with Crippen LogP contribution in [0.5, 0.6) is 0 Å². The molecule has 0 spiro atoms. The molecule has 1 fully saturated rings. The van der Waals surface area contributed by atoms with Gasteiger partial charge in [-0.05, 0) is 25.5 Å². The van der Waals surface area contributed by atoms with Crippen LogP contribution in [0.3, 0.4) is 0 Å². The summed E-state index contributed by atoms with van der Waals surface area (Å²) in [5.74, 6) is 0.915. The molecule has 1 aromatic rings. The number of nitrogens with zero attached hydrogens (tertiary/aromatic N) is 3. The van der Waals surface area contributed by atoms with Gasteiger partial charge in [0.15, 0.2) is 5.96 Å². The van der Waals surface area contributed by atoms with Crippen LogP contribution in [0.4, 0.5) is 0 Å². The predicted octanol–water partition coefficient (Wildman–Crippen LogP) is 3.18. The Balaban J connectivity index is 0.00000312. The zero-order valence-electron chi connectivity index (χ0n) is 15.5. The third kappa shape index (κ3) is 6.69. The first kappa shape index (κ1) is 22.7. The standard InChI is InChI=1S/C18H29BrN4O.HI/c1-14(23-9-10-24-13-15(23)2)11-21-18(20-3)22(4)12-16-7-5-6-8-17(16)19;/h5-8,14-15H,9-13H2,1-4H3,(H,20,21);1H. The molecular formula is C18H30BrIN4O. The molecule has 1 aliphatic rings. The van der Waals surface area contributed by atoms with Gasteiger partial charge in [-0.1, -0.05) is 34.1 Å². The Hall–Kier alpha value is -0.380. The van der Waals surface area contributed by atoms with Crippen molar-refractivity contribution >= 4 is 45.9 Å². The van der Waals surface area contributed by atoms with Gasteiger partial charge >= 0.3 is 0 Å². The number of hydrogen-bond acceptors (Lipinski definition) is 3. The highest BCUT2D eigenvalue weighted by molar-refractivity contribution is 14.0. The van der Waals surface area contributed by atoms with Gasteiger partial charge in [0, 0.05) is 50.3 Å². The second-order valence-corrected chi connectivity index (χ2v) is 7.24. The van der Waals surface area contributed by atoms with Crippen molar-refractivity contribution in [1.29, 1.82) is 0 Å². The zero-order valence-corrected chi connectivity index (χ0v) is 19.5. The smallest absolute Gasteiger partial charge is 0.193 e. The van der Waals surface area contributed by atoms with Gasteiger partial charge in [0.25, 0.3) is 0 Å². The van der Waals surface area contributed by atoms with Crippen LogP contribution in [0.15, 0.2) is 33.7 Å². The first-order valence-corrected chi connectivity index (χ1v) is 9.31. The summed E-state index contributed by atoms with van der Waals surface area (Å²) in [6.07, 6.45) is 0. The Labute approximate surface area is 177 Å². The van der Waals surface area contributed by atoms with Crippen molar-refractivity contribution in [2.45, 2.75) is 32.5 Å². The SMILES string of the molecule is CN=C(NCC(C)N1CCOCC1C)N(C)Cc1ccccc1Br.I. The van der Waals surface area contributed by atoms with Crippen LogP contribution in [0.25, 0.3) is 0 Å². The van der Waals surface area contributed by atoms with Crippen LogP contribution in [0.2, 0.25) is 0 Å². The fourth-order valence-corrected chi connectivity index (χ4v) is 3.50. The van der Waals surface area contributed by atoms with Gasteiger partial charge in [0.2, 0.25) is 0 Å². The fourth-order valence-electron chi connectivity index (χ4n) is 3.09. The lowest BCUT2D eigenvalue weighted by atomic mass is 10.2. The summed E-state index contributed by atoms with van der Waals surface area (Å²) in [6.45, 7) is 8.81. The minimum atomic E-state index is 0. The van der Waals surface area contributed by atoms with Crippen LogP contribution in [0, 0.1) is 0 Å². The van der Waals surface area contributed by atoms with Crippen molar-refractivity contribution in [1.82, 2.24) is 15.1 Å². The van der Waals surface area contributed by atoms with E-state index in [-0.39, 0.29) is 24.0 Å². The number of guanidine groups is 1. The lowest BCUT2D eigenvalue weighted by Gasteiger charge is -2.38. The van der Waals surface area contributed by atoms with E-state index in [1.807, 2.05) is 13.1 Å². The molecule has 142 valence electrons. The number of halogens is 2. The van der Waals surface area contributed by atoms with Gasteiger partial charge in [-0.15, -0.1) is 24.0 Å². The van der Waals surface area contributed by atoms with Crippen LogP contribution >= 0.6 is 39.9 Å². The summed E-state index contributed by atoms with van der Waals surface area (Å²) in [6, 6.07) is 9.21. The van der Waals surface area contributed by atoms with E-state index in [2.05, 4.69) is 75.1 Å².